The van der Waals surface area contributed by atoms with Gasteiger partial charge in [0.25, 0.3) is 0 Å². The Labute approximate surface area is 181 Å². The van der Waals surface area contributed by atoms with Crippen molar-refractivity contribution in [2.24, 2.45) is 5.92 Å². The summed E-state index contributed by atoms with van der Waals surface area (Å²) >= 11 is 0. The van der Waals surface area contributed by atoms with Crippen LogP contribution in [0.4, 0.5) is 0 Å². The summed E-state index contributed by atoms with van der Waals surface area (Å²) in [6, 6.07) is 2.04. The molecular formula is C23H33N3O3S. The first-order valence-electron chi connectivity index (χ1n) is 10.7. The third-order valence-corrected chi connectivity index (χ3v) is 8.87. The zero-order valence-electron chi connectivity index (χ0n) is 18.6. The van der Waals surface area contributed by atoms with Crippen molar-refractivity contribution in [1.82, 2.24) is 14.1 Å². The first kappa shape index (κ1) is 22.8. The molecule has 0 N–H and O–H groups in total. The Morgan fingerprint density at radius 1 is 1.00 bits per heavy atom. The number of piperidine rings is 1. The van der Waals surface area contributed by atoms with Crippen LogP contribution in [0.3, 0.4) is 0 Å². The van der Waals surface area contributed by atoms with Gasteiger partial charge in [-0.3, -0.25) is 9.69 Å². The number of sulfonamides is 1. The van der Waals surface area contributed by atoms with Crippen LogP contribution < -0.4 is 0 Å². The topological polar surface area (TPSA) is 60.9 Å². The molecule has 2 aliphatic heterocycles. The molecule has 2 heterocycles. The van der Waals surface area contributed by atoms with Gasteiger partial charge in [0.15, 0.2) is 0 Å². The van der Waals surface area contributed by atoms with Gasteiger partial charge in [0.2, 0.25) is 15.9 Å². The number of aryl methyl sites for hydroxylation is 2. The molecule has 0 spiro atoms. The van der Waals surface area contributed by atoms with Crippen LogP contribution in [-0.2, 0) is 14.8 Å². The van der Waals surface area contributed by atoms with Gasteiger partial charge in [-0.1, -0.05) is 12.0 Å². The van der Waals surface area contributed by atoms with Gasteiger partial charge in [-0.2, -0.15) is 4.31 Å². The first-order valence-corrected chi connectivity index (χ1v) is 12.1. The fourth-order valence-electron chi connectivity index (χ4n) is 4.57. The Morgan fingerprint density at radius 2 is 1.53 bits per heavy atom. The highest BCUT2D eigenvalue weighted by Gasteiger charge is 2.35. The number of carbonyl (C=O) groups excluding carboxylic acids is 1. The maximum absolute atomic E-state index is 13.4. The average Bonchev–Trinajstić information content (AvgIpc) is 2.73. The van der Waals surface area contributed by atoms with Crippen molar-refractivity contribution in [1.29, 1.82) is 0 Å². The number of hydrogen-bond donors (Lipinski definition) is 0. The normalized spacial score (nSPS) is 19.6. The number of piperazine rings is 1. The fraction of sp³-hybridized carbons (Fsp3) is 0.609. The molecule has 3 rings (SSSR count). The molecule has 0 unspecified atom stereocenters. The molecule has 2 aliphatic rings. The van der Waals surface area contributed by atoms with Gasteiger partial charge >= 0.3 is 0 Å². The lowest BCUT2D eigenvalue weighted by Gasteiger charge is -2.38. The molecule has 0 aromatic heterocycles. The van der Waals surface area contributed by atoms with Crippen LogP contribution in [0.25, 0.3) is 0 Å². The van der Waals surface area contributed by atoms with E-state index in [0.717, 1.165) is 48.2 Å². The number of hydrogen-bond acceptors (Lipinski definition) is 4. The van der Waals surface area contributed by atoms with Gasteiger partial charge in [0, 0.05) is 32.1 Å². The largest absolute Gasteiger partial charge is 0.340 e. The highest BCUT2D eigenvalue weighted by atomic mass is 32.2. The van der Waals surface area contributed by atoms with Gasteiger partial charge in [-0.25, -0.2) is 8.42 Å². The number of carbonyl (C=O) groups is 1. The van der Waals surface area contributed by atoms with E-state index in [-0.39, 0.29) is 11.8 Å². The van der Waals surface area contributed by atoms with Crippen LogP contribution in [0.1, 0.15) is 35.1 Å². The van der Waals surface area contributed by atoms with E-state index in [1.165, 1.54) is 0 Å². The number of rotatable bonds is 4. The van der Waals surface area contributed by atoms with Gasteiger partial charge in [-0.15, -0.1) is 6.42 Å². The van der Waals surface area contributed by atoms with Crippen LogP contribution in [-0.4, -0.2) is 74.2 Å². The highest BCUT2D eigenvalue weighted by molar-refractivity contribution is 7.89. The predicted octanol–water partition coefficient (Wildman–Crippen LogP) is 2.10. The molecule has 1 aromatic rings. The molecule has 7 heteroatoms. The van der Waals surface area contributed by atoms with Crippen molar-refractivity contribution in [2.45, 2.75) is 45.4 Å². The summed E-state index contributed by atoms with van der Waals surface area (Å²) in [5, 5.41) is 0. The van der Waals surface area contributed by atoms with Crippen molar-refractivity contribution in [3.63, 3.8) is 0 Å². The summed E-state index contributed by atoms with van der Waals surface area (Å²) in [5.74, 6) is 2.84. The second kappa shape index (κ2) is 9.09. The van der Waals surface area contributed by atoms with E-state index in [0.29, 0.717) is 37.6 Å². The number of benzene rings is 1. The zero-order valence-corrected chi connectivity index (χ0v) is 19.4. The van der Waals surface area contributed by atoms with E-state index in [1.807, 2.05) is 38.7 Å². The average molecular weight is 432 g/mol. The lowest BCUT2D eigenvalue weighted by Crippen LogP contribution is -2.53. The molecule has 6 nitrogen and oxygen atoms in total. The van der Waals surface area contributed by atoms with Crippen molar-refractivity contribution in [3.05, 3.63) is 28.3 Å². The summed E-state index contributed by atoms with van der Waals surface area (Å²) in [5.41, 5.74) is 3.61. The summed E-state index contributed by atoms with van der Waals surface area (Å²) in [6.07, 6.45) is 7.01. The Bertz CT molecular complexity index is 923. The molecule has 1 amide bonds. The Hall–Kier alpha value is -1.88. The predicted molar refractivity (Wildman–Crippen MR) is 119 cm³/mol. The van der Waals surface area contributed by atoms with E-state index in [1.54, 1.807) is 4.31 Å². The zero-order chi connectivity index (χ0) is 22.1. The maximum Gasteiger partial charge on any atom is 0.243 e. The molecule has 0 bridgehead atoms. The molecular weight excluding hydrogens is 398 g/mol. The third-order valence-electron chi connectivity index (χ3n) is 6.70. The number of terminal acetylenes is 1. The second-order valence-corrected chi connectivity index (χ2v) is 10.4. The summed E-state index contributed by atoms with van der Waals surface area (Å²) < 4.78 is 28.4. The number of likely N-dealkylation sites (tertiary alicyclic amines) is 1. The summed E-state index contributed by atoms with van der Waals surface area (Å²) in [4.78, 5) is 17.4. The van der Waals surface area contributed by atoms with E-state index < -0.39 is 10.0 Å². The summed E-state index contributed by atoms with van der Waals surface area (Å²) in [7, 11) is -3.59. The highest BCUT2D eigenvalue weighted by Crippen LogP contribution is 2.29. The second-order valence-electron chi connectivity index (χ2n) is 8.57. The van der Waals surface area contributed by atoms with Crippen molar-refractivity contribution >= 4 is 15.9 Å². The Kier molecular flexibility index (Phi) is 6.91. The molecule has 164 valence electrons. The van der Waals surface area contributed by atoms with E-state index in [4.69, 9.17) is 6.42 Å². The standard InChI is InChI=1S/C23H33N3O3S/c1-6-9-24-10-7-21(8-11-24)23(27)25-12-14-26(15-13-25)30(28,29)22-19(4)17(2)16-18(3)20(22)5/h1,16,21H,7-15H2,2-5H3. The van der Waals surface area contributed by atoms with Crippen LogP contribution in [0, 0.1) is 46.0 Å². The van der Waals surface area contributed by atoms with Crippen LogP contribution >= 0.6 is 0 Å². The van der Waals surface area contributed by atoms with E-state index in [9.17, 15) is 13.2 Å². The minimum Gasteiger partial charge on any atom is -0.340 e. The van der Waals surface area contributed by atoms with Crippen molar-refractivity contribution < 1.29 is 13.2 Å². The van der Waals surface area contributed by atoms with Gasteiger partial charge in [0.05, 0.1) is 11.4 Å². The van der Waals surface area contributed by atoms with E-state index in [2.05, 4.69) is 10.8 Å². The van der Waals surface area contributed by atoms with Crippen LogP contribution in [0.5, 0.6) is 0 Å². The molecule has 2 saturated heterocycles. The molecule has 0 atom stereocenters. The number of amides is 1. The minimum atomic E-state index is -3.59. The Balaban J connectivity index is 1.66. The van der Waals surface area contributed by atoms with Gasteiger partial charge in [0.1, 0.15) is 0 Å². The minimum absolute atomic E-state index is 0.0195. The number of nitrogens with zero attached hydrogens (tertiary/aromatic N) is 3. The first-order chi connectivity index (χ1) is 14.2. The monoisotopic (exact) mass is 431 g/mol. The van der Waals surface area contributed by atoms with E-state index >= 15 is 0 Å². The molecule has 0 radical (unpaired) electrons. The smallest absolute Gasteiger partial charge is 0.243 e. The lowest BCUT2D eigenvalue weighted by molar-refractivity contribution is -0.138. The molecule has 30 heavy (non-hydrogen) atoms. The fourth-order valence-corrected chi connectivity index (χ4v) is 6.57. The van der Waals surface area contributed by atoms with Gasteiger partial charge in [-0.05, 0) is 75.9 Å². The SMILES string of the molecule is C#CCN1CCC(C(=O)N2CCN(S(=O)(=O)c3c(C)c(C)cc(C)c3C)CC2)CC1. The molecule has 0 aliphatic carbocycles. The van der Waals surface area contributed by atoms with Crippen LogP contribution in [0.2, 0.25) is 0 Å². The van der Waals surface area contributed by atoms with Crippen molar-refractivity contribution in [3.8, 4) is 12.3 Å². The van der Waals surface area contributed by atoms with Crippen molar-refractivity contribution in [2.75, 3.05) is 45.8 Å². The maximum atomic E-state index is 13.4. The lowest BCUT2D eigenvalue weighted by atomic mass is 9.95. The molecule has 0 saturated carbocycles. The quantitative estimate of drug-likeness (QED) is 0.685. The Morgan fingerprint density at radius 3 is 2.03 bits per heavy atom. The summed E-state index contributed by atoms with van der Waals surface area (Å²) in [6.45, 7) is 11.6. The molecule has 1 aromatic carbocycles. The third kappa shape index (κ3) is 4.41. The van der Waals surface area contributed by atoms with Crippen LogP contribution in [0.15, 0.2) is 11.0 Å². The van der Waals surface area contributed by atoms with Gasteiger partial charge < -0.3 is 4.90 Å². The molecule has 2 fully saturated rings.